The second-order valence-corrected chi connectivity index (χ2v) is 13.7. The molecule has 0 saturated heterocycles. The molecule has 3 unspecified atom stereocenters. The molecule has 0 amide bonds. The van der Waals surface area contributed by atoms with Crippen molar-refractivity contribution < 1.29 is 66.9 Å². The van der Waals surface area contributed by atoms with Crippen LogP contribution in [0.2, 0.25) is 0 Å². The lowest BCUT2D eigenvalue weighted by molar-refractivity contribution is 0.0198. The summed E-state index contributed by atoms with van der Waals surface area (Å²) < 4.78 is 207. The molecule has 0 radical (unpaired) electrons. The molecule has 4 aromatic rings. The van der Waals surface area contributed by atoms with Crippen LogP contribution in [0.1, 0.15) is 45.7 Å². The van der Waals surface area contributed by atoms with Crippen LogP contribution < -0.4 is 9.47 Å². The van der Waals surface area contributed by atoms with Gasteiger partial charge in [-0.05, 0) is 40.2 Å². The molecule has 0 saturated carbocycles. The summed E-state index contributed by atoms with van der Waals surface area (Å²) in [4.78, 5) is 0. The molecule has 6 rings (SSSR count). The minimum atomic E-state index is -3.71. The average molecular weight is 861 g/mol. The van der Waals surface area contributed by atoms with Crippen LogP contribution in [0.25, 0.3) is 12.2 Å². The SMILES string of the molecule is C=Cc1ccc(COc2c(F)c(F)c(C(C3=C(F)C(F)C(OCC4=CCC(C=C)C=C4)C(F)=C3F)c3c(F)c(F)c(OCc4ccc(C=C)cc4)c(F)c3F)c(F)c2F)cc1. The van der Waals surface area contributed by atoms with Crippen LogP contribution in [0.4, 0.5) is 52.7 Å². The fourth-order valence-electron chi connectivity index (χ4n) is 6.60. The molecule has 0 spiro atoms. The van der Waals surface area contributed by atoms with Gasteiger partial charge in [0.1, 0.15) is 25.1 Å². The predicted molar refractivity (Wildman–Crippen MR) is 204 cm³/mol. The van der Waals surface area contributed by atoms with E-state index < -0.39 is 130 Å². The van der Waals surface area contributed by atoms with E-state index in [0.29, 0.717) is 23.1 Å². The first kappa shape index (κ1) is 44.3. The van der Waals surface area contributed by atoms with Gasteiger partial charge in [0, 0.05) is 16.7 Å². The van der Waals surface area contributed by atoms with Gasteiger partial charge >= 0.3 is 0 Å². The summed E-state index contributed by atoms with van der Waals surface area (Å²) in [7, 11) is 0. The lowest BCUT2D eigenvalue weighted by Gasteiger charge is -2.31. The second kappa shape index (κ2) is 18.6. The molecule has 0 bridgehead atoms. The molecule has 4 aromatic carbocycles. The van der Waals surface area contributed by atoms with Gasteiger partial charge in [0.25, 0.3) is 0 Å². The normalized spacial score (nSPS) is 17.8. The molecular weight excluding hydrogens is 828 g/mol. The minimum Gasteiger partial charge on any atom is -0.483 e. The molecule has 61 heavy (non-hydrogen) atoms. The lowest BCUT2D eigenvalue weighted by atomic mass is 9.79. The van der Waals surface area contributed by atoms with Gasteiger partial charge in [0.15, 0.2) is 52.6 Å². The number of ether oxygens (including phenoxy) is 3. The van der Waals surface area contributed by atoms with Crippen LogP contribution in [0.15, 0.2) is 121 Å². The van der Waals surface area contributed by atoms with E-state index in [1.807, 2.05) is 0 Å². The molecule has 2 aliphatic carbocycles. The first-order chi connectivity index (χ1) is 29.1. The van der Waals surface area contributed by atoms with Crippen molar-refractivity contribution in [1.29, 1.82) is 0 Å². The number of alkyl halides is 1. The van der Waals surface area contributed by atoms with Crippen LogP contribution in [0, 0.1) is 52.5 Å². The molecule has 15 heteroatoms. The Morgan fingerprint density at radius 1 is 0.590 bits per heavy atom. The van der Waals surface area contributed by atoms with Gasteiger partial charge in [-0.1, -0.05) is 98.1 Å². The van der Waals surface area contributed by atoms with Crippen molar-refractivity contribution in [3.63, 3.8) is 0 Å². The Bertz CT molecular complexity index is 2320. The number of hydrogen-bond acceptors (Lipinski definition) is 3. The summed E-state index contributed by atoms with van der Waals surface area (Å²) in [6.45, 7) is 8.59. The molecular formula is C46H32F12O3. The number of halogens is 12. The lowest BCUT2D eigenvalue weighted by Crippen LogP contribution is -2.34. The zero-order valence-electron chi connectivity index (χ0n) is 31.6. The van der Waals surface area contributed by atoms with E-state index >= 15 is 52.7 Å². The number of benzene rings is 4. The highest BCUT2D eigenvalue weighted by atomic mass is 19.2. The van der Waals surface area contributed by atoms with Crippen LogP contribution >= 0.6 is 0 Å². The Balaban J connectivity index is 1.48. The maximum Gasteiger partial charge on any atom is 0.204 e. The number of rotatable bonds is 15. The quantitative estimate of drug-likeness (QED) is 0.0677. The van der Waals surface area contributed by atoms with Crippen LogP contribution in [-0.4, -0.2) is 18.9 Å². The summed E-state index contributed by atoms with van der Waals surface area (Å²) in [5.74, 6) is -35.4. The number of allylic oxidation sites excluding steroid dienone is 5. The molecule has 0 N–H and O–H groups in total. The smallest absolute Gasteiger partial charge is 0.204 e. The summed E-state index contributed by atoms with van der Waals surface area (Å²) in [6.07, 6.45) is 3.34. The van der Waals surface area contributed by atoms with Crippen molar-refractivity contribution in [3.8, 4) is 11.5 Å². The van der Waals surface area contributed by atoms with Gasteiger partial charge in [-0.3, -0.25) is 0 Å². The van der Waals surface area contributed by atoms with Gasteiger partial charge < -0.3 is 14.2 Å². The van der Waals surface area contributed by atoms with E-state index in [2.05, 4.69) is 19.7 Å². The third kappa shape index (κ3) is 8.69. The Kier molecular flexibility index (Phi) is 13.5. The first-order valence-electron chi connectivity index (χ1n) is 18.2. The first-order valence-corrected chi connectivity index (χ1v) is 18.2. The highest BCUT2D eigenvalue weighted by Crippen LogP contribution is 2.51. The number of hydrogen-bond donors (Lipinski definition) is 0. The van der Waals surface area contributed by atoms with Crippen LogP contribution in [0.3, 0.4) is 0 Å². The van der Waals surface area contributed by atoms with Crippen LogP contribution in [0.5, 0.6) is 11.5 Å². The molecule has 318 valence electrons. The second-order valence-electron chi connectivity index (χ2n) is 13.7. The largest absolute Gasteiger partial charge is 0.483 e. The summed E-state index contributed by atoms with van der Waals surface area (Å²) in [5.41, 5.74) is -5.11. The van der Waals surface area contributed by atoms with Crippen molar-refractivity contribution in [3.05, 3.63) is 201 Å². The third-order valence-electron chi connectivity index (χ3n) is 9.98. The molecule has 3 nitrogen and oxygen atoms in total. The Morgan fingerprint density at radius 3 is 1.41 bits per heavy atom. The van der Waals surface area contributed by atoms with Gasteiger partial charge in [-0.2, -0.15) is 17.6 Å². The molecule has 0 fully saturated rings. The van der Waals surface area contributed by atoms with Crippen molar-refractivity contribution in [2.75, 3.05) is 6.61 Å². The molecule has 0 aliphatic heterocycles. The van der Waals surface area contributed by atoms with E-state index in [0.717, 1.165) is 0 Å². The zero-order valence-corrected chi connectivity index (χ0v) is 31.6. The Hall–Kier alpha value is -6.22. The van der Waals surface area contributed by atoms with E-state index in [1.54, 1.807) is 18.2 Å². The summed E-state index contributed by atoms with van der Waals surface area (Å²) in [6, 6.07) is 11.5. The van der Waals surface area contributed by atoms with Crippen molar-refractivity contribution in [2.45, 2.75) is 37.8 Å². The van der Waals surface area contributed by atoms with Gasteiger partial charge in [0.05, 0.1) is 12.5 Å². The third-order valence-corrected chi connectivity index (χ3v) is 9.98. The summed E-state index contributed by atoms with van der Waals surface area (Å²) >= 11 is 0. The summed E-state index contributed by atoms with van der Waals surface area (Å²) in [5, 5.41) is 0. The highest BCUT2D eigenvalue weighted by Gasteiger charge is 2.48. The zero-order chi connectivity index (χ0) is 44.3. The van der Waals surface area contributed by atoms with Gasteiger partial charge in [0.2, 0.25) is 23.3 Å². The van der Waals surface area contributed by atoms with E-state index in [-0.39, 0.29) is 17.0 Å². The Labute approximate surface area is 341 Å². The maximum absolute atomic E-state index is 16.2. The molecule has 3 atom stereocenters. The van der Waals surface area contributed by atoms with Crippen molar-refractivity contribution in [1.82, 2.24) is 0 Å². The molecule has 0 heterocycles. The minimum absolute atomic E-state index is 0.0990. The molecule has 0 aromatic heterocycles. The maximum atomic E-state index is 16.2. The highest BCUT2D eigenvalue weighted by molar-refractivity contribution is 5.56. The van der Waals surface area contributed by atoms with E-state index in [9.17, 15) is 0 Å². The fourth-order valence-corrected chi connectivity index (χ4v) is 6.60. The fraction of sp³-hybridized carbons (Fsp3) is 0.174. The standard InChI is InChI=1S/C46H32F12O3/c1-4-22-7-13-25(14-8-22)19-59-44-38(53)32(47)29(33(48)39(44)54)28(30-34(49)40(55)45(41(56)35(30)50)60-20-26-15-9-23(5-2)10-16-26)31-36(51)42(57)46(43(58)37(31)52)61-21-27-17-11-24(6-3)12-18-27/h4-11,13-18,24,28,42,46H,1-3,12,19-21H2. The van der Waals surface area contributed by atoms with Crippen molar-refractivity contribution >= 4 is 12.2 Å². The van der Waals surface area contributed by atoms with Crippen molar-refractivity contribution in [2.24, 2.45) is 5.92 Å². The van der Waals surface area contributed by atoms with E-state index in [4.69, 9.17) is 14.2 Å². The topological polar surface area (TPSA) is 27.7 Å². The van der Waals surface area contributed by atoms with E-state index in [1.165, 1.54) is 66.8 Å². The molecule has 2 aliphatic rings. The monoisotopic (exact) mass is 860 g/mol. The predicted octanol–water partition coefficient (Wildman–Crippen LogP) is 13.2. The van der Waals surface area contributed by atoms with Gasteiger partial charge in [-0.25, -0.2) is 35.1 Å². The van der Waals surface area contributed by atoms with Crippen LogP contribution in [-0.2, 0) is 18.0 Å². The van der Waals surface area contributed by atoms with Gasteiger partial charge in [-0.15, -0.1) is 6.58 Å². The Morgan fingerprint density at radius 2 is 1.03 bits per heavy atom. The average Bonchev–Trinajstić information content (AvgIpc) is 3.27.